The maximum absolute atomic E-state index is 13.2. The van der Waals surface area contributed by atoms with Gasteiger partial charge in [0.05, 0.1) is 27.8 Å². The van der Waals surface area contributed by atoms with Gasteiger partial charge in [-0.1, -0.05) is 47.5 Å². The Bertz CT molecular complexity index is 1310. The number of benzene rings is 2. The second-order valence-corrected chi connectivity index (χ2v) is 9.37. The predicted octanol–water partition coefficient (Wildman–Crippen LogP) is 5.48. The minimum Gasteiger partial charge on any atom is -0.350 e. The highest BCUT2D eigenvalue weighted by atomic mass is 35.5. The molecule has 0 atom stereocenters. The third kappa shape index (κ3) is 5.05. The van der Waals surface area contributed by atoms with Gasteiger partial charge in [0.25, 0.3) is 5.91 Å². The van der Waals surface area contributed by atoms with Gasteiger partial charge in [-0.05, 0) is 49.7 Å². The van der Waals surface area contributed by atoms with Gasteiger partial charge in [0, 0.05) is 23.5 Å². The summed E-state index contributed by atoms with van der Waals surface area (Å²) in [5.74, 6) is -0.412. The van der Waals surface area contributed by atoms with Crippen molar-refractivity contribution < 1.29 is 9.59 Å². The summed E-state index contributed by atoms with van der Waals surface area (Å²) >= 11 is 13.6. The molecule has 6 nitrogen and oxygen atoms in total. The molecule has 33 heavy (non-hydrogen) atoms. The number of aromatic nitrogens is 2. The van der Waals surface area contributed by atoms with E-state index in [1.165, 1.54) is 16.2 Å². The molecule has 0 aliphatic heterocycles. The number of carbonyl (C=O) groups is 2. The highest BCUT2D eigenvalue weighted by Gasteiger charge is 2.22. The van der Waals surface area contributed by atoms with Crippen molar-refractivity contribution in [3.63, 3.8) is 0 Å². The smallest absolute Gasteiger partial charge is 0.264 e. The molecular weight excluding hydrogens is 479 g/mol. The number of likely N-dealkylation sites (N-methyl/N-ethyl adjacent to an activating group) is 1. The van der Waals surface area contributed by atoms with Crippen molar-refractivity contribution in [3.8, 4) is 5.69 Å². The molecule has 2 aromatic carbocycles. The van der Waals surface area contributed by atoms with Crippen LogP contribution in [0.1, 0.15) is 27.9 Å². The third-order valence-electron chi connectivity index (χ3n) is 5.24. The molecule has 0 spiro atoms. The van der Waals surface area contributed by atoms with Crippen molar-refractivity contribution in [2.45, 2.75) is 20.4 Å². The number of hydrogen-bond donors (Lipinski definition) is 1. The molecule has 2 aromatic heterocycles. The number of halogens is 2. The van der Waals surface area contributed by atoms with Gasteiger partial charge in [-0.2, -0.15) is 5.10 Å². The van der Waals surface area contributed by atoms with Gasteiger partial charge in [-0.25, -0.2) is 4.68 Å². The number of nitrogens with one attached hydrogen (secondary N) is 1. The average Bonchev–Trinajstić information content (AvgIpc) is 3.37. The van der Waals surface area contributed by atoms with Crippen LogP contribution in [0.25, 0.3) is 15.9 Å². The van der Waals surface area contributed by atoms with E-state index in [1.54, 1.807) is 22.9 Å². The lowest BCUT2D eigenvalue weighted by molar-refractivity contribution is -0.121. The number of amides is 2. The number of thiophene rings is 1. The molecule has 0 saturated heterocycles. The van der Waals surface area contributed by atoms with Crippen molar-refractivity contribution >= 4 is 56.6 Å². The number of fused-ring (bicyclic) bond motifs is 1. The normalized spacial score (nSPS) is 11.0. The van der Waals surface area contributed by atoms with E-state index in [0.717, 1.165) is 27.2 Å². The van der Waals surface area contributed by atoms with Gasteiger partial charge < -0.3 is 10.2 Å². The van der Waals surface area contributed by atoms with E-state index in [0.29, 0.717) is 28.0 Å². The zero-order valence-corrected chi connectivity index (χ0v) is 20.5. The van der Waals surface area contributed by atoms with Crippen LogP contribution in [0.2, 0.25) is 10.0 Å². The molecule has 2 heterocycles. The van der Waals surface area contributed by atoms with Gasteiger partial charge in [0.2, 0.25) is 5.91 Å². The topological polar surface area (TPSA) is 67.2 Å². The average molecular weight is 501 g/mol. The first-order valence-corrected chi connectivity index (χ1v) is 12.0. The fraction of sp³-hybridized carbons (Fsp3) is 0.208. The molecule has 9 heteroatoms. The molecular formula is C24H22Cl2N4O2S. The van der Waals surface area contributed by atoms with E-state index < -0.39 is 0 Å². The van der Waals surface area contributed by atoms with E-state index in [4.69, 9.17) is 23.2 Å². The minimum atomic E-state index is -0.223. The van der Waals surface area contributed by atoms with Crippen molar-refractivity contribution in [1.29, 1.82) is 0 Å². The molecule has 4 aromatic rings. The molecule has 0 aliphatic rings. The van der Waals surface area contributed by atoms with Crippen LogP contribution in [0.3, 0.4) is 0 Å². The highest BCUT2D eigenvalue weighted by Crippen LogP contribution is 2.33. The lowest BCUT2D eigenvalue weighted by Gasteiger charge is -2.19. The third-order valence-corrected chi connectivity index (χ3v) is 6.91. The van der Waals surface area contributed by atoms with E-state index >= 15 is 0 Å². The Morgan fingerprint density at radius 1 is 1.12 bits per heavy atom. The fourth-order valence-electron chi connectivity index (χ4n) is 3.45. The van der Waals surface area contributed by atoms with Crippen LogP contribution >= 0.6 is 34.5 Å². The van der Waals surface area contributed by atoms with Gasteiger partial charge in [-0.15, -0.1) is 11.3 Å². The minimum absolute atomic E-state index is 0.0210. The lowest BCUT2D eigenvalue weighted by Crippen LogP contribution is -2.40. The number of para-hydroxylation sites is 1. The van der Waals surface area contributed by atoms with Gasteiger partial charge in [0.1, 0.15) is 4.83 Å². The molecule has 170 valence electrons. The summed E-state index contributed by atoms with van der Waals surface area (Å²) in [7, 11) is 0. The van der Waals surface area contributed by atoms with Gasteiger partial charge >= 0.3 is 0 Å². The summed E-state index contributed by atoms with van der Waals surface area (Å²) in [6.45, 7) is 4.52. The van der Waals surface area contributed by atoms with Crippen LogP contribution in [0, 0.1) is 6.92 Å². The van der Waals surface area contributed by atoms with Crippen molar-refractivity contribution in [2.75, 3.05) is 13.1 Å². The van der Waals surface area contributed by atoms with E-state index in [9.17, 15) is 9.59 Å². The molecule has 0 saturated carbocycles. The quantitative estimate of drug-likeness (QED) is 0.365. The number of nitrogens with zero attached hydrogens (tertiary/aromatic N) is 3. The summed E-state index contributed by atoms with van der Waals surface area (Å²) in [6.07, 6.45) is 0. The first-order valence-electron chi connectivity index (χ1n) is 10.4. The number of carbonyl (C=O) groups excluding carboxylic acids is 2. The summed E-state index contributed by atoms with van der Waals surface area (Å²) < 4.78 is 1.77. The maximum Gasteiger partial charge on any atom is 0.264 e. The Kier molecular flexibility index (Phi) is 7.02. The first kappa shape index (κ1) is 23.3. The second-order valence-electron chi connectivity index (χ2n) is 7.50. The Morgan fingerprint density at radius 2 is 1.85 bits per heavy atom. The number of hydrogen-bond acceptors (Lipinski definition) is 4. The van der Waals surface area contributed by atoms with Crippen LogP contribution in [0.15, 0.2) is 54.6 Å². The largest absolute Gasteiger partial charge is 0.350 e. The Morgan fingerprint density at radius 3 is 2.55 bits per heavy atom. The van der Waals surface area contributed by atoms with Crippen LogP contribution in [-0.2, 0) is 11.3 Å². The molecule has 0 aliphatic carbocycles. The van der Waals surface area contributed by atoms with Crippen LogP contribution in [0.5, 0.6) is 0 Å². The van der Waals surface area contributed by atoms with E-state index in [-0.39, 0.29) is 18.4 Å². The standard InChI is InChI=1S/C24H22Cl2N4O2S/c1-3-29(14-22(31)27-13-16-8-10-17(25)11-9-16)23(32)21-12-18-15(2)28-30(24(18)33-21)20-7-5-4-6-19(20)26/h4-12H,3,13-14H2,1-2H3,(H,27,31). The monoisotopic (exact) mass is 500 g/mol. The summed E-state index contributed by atoms with van der Waals surface area (Å²) in [5, 5.41) is 9.57. The molecule has 0 bridgehead atoms. The molecule has 2 amide bonds. The summed E-state index contributed by atoms with van der Waals surface area (Å²) in [5.41, 5.74) is 2.50. The van der Waals surface area contributed by atoms with Gasteiger partial charge in [0.15, 0.2) is 0 Å². The first-order chi connectivity index (χ1) is 15.9. The highest BCUT2D eigenvalue weighted by molar-refractivity contribution is 7.20. The summed E-state index contributed by atoms with van der Waals surface area (Å²) in [4.78, 5) is 28.6. The Balaban J connectivity index is 1.50. The fourth-order valence-corrected chi connectivity index (χ4v) is 4.94. The Hall–Kier alpha value is -2.87. The van der Waals surface area contributed by atoms with Crippen LogP contribution in [-0.4, -0.2) is 39.6 Å². The molecule has 4 rings (SSSR count). The molecule has 1 N–H and O–H groups in total. The second kappa shape index (κ2) is 9.95. The zero-order chi connectivity index (χ0) is 23.5. The summed E-state index contributed by atoms with van der Waals surface area (Å²) in [6, 6.07) is 16.5. The Labute approximate surface area is 205 Å². The maximum atomic E-state index is 13.2. The van der Waals surface area contributed by atoms with Crippen molar-refractivity contribution in [2.24, 2.45) is 0 Å². The molecule has 0 unspecified atom stereocenters. The van der Waals surface area contributed by atoms with Crippen molar-refractivity contribution in [3.05, 3.63) is 80.8 Å². The zero-order valence-electron chi connectivity index (χ0n) is 18.1. The molecule has 0 radical (unpaired) electrons. The van der Waals surface area contributed by atoms with Gasteiger partial charge in [-0.3, -0.25) is 9.59 Å². The van der Waals surface area contributed by atoms with E-state index in [1.807, 2.05) is 50.2 Å². The predicted molar refractivity (Wildman–Crippen MR) is 134 cm³/mol. The lowest BCUT2D eigenvalue weighted by atomic mass is 10.2. The number of rotatable bonds is 7. The van der Waals surface area contributed by atoms with E-state index in [2.05, 4.69) is 10.4 Å². The van der Waals surface area contributed by atoms with Crippen molar-refractivity contribution in [1.82, 2.24) is 20.0 Å². The number of aryl methyl sites for hydroxylation is 1. The molecule has 0 fully saturated rings. The van der Waals surface area contributed by atoms with Crippen LogP contribution < -0.4 is 5.32 Å². The SMILES string of the molecule is CCN(CC(=O)NCc1ccc(Cl)cc1)C(=O)c1cc2c(C)nn(-c3ccccc3Cl)c2s1. The van der Waals surface area contributed by atoms with Crippen LogP contribution in [0.4, 0.5) is 0 Å².